The molecule has 0 bridgehead atoms. The van der Waals surface area contributed by atoms with Gasteiger partial charge in [-0.25, -0.2) is 0 Å². The minimum atomic E-state index is -0.634. The van der Waals surface area contributed by atoms with E-state index in [0.717, 1.165) is 10.5 Å². The van der Waals surface area contributed by atoms with Crippen molar-refractivity contribution in [2.75, 3.05) is 5.75 Å². The highest BCUT2D eigenvalue weighted by atomic mass is 35.5. The zero-order valence-electron chi connectivity index (χ0n) is 18.0. The maximum Gasteiger partial charge on any atom is 0.242 e. The molecule has 2 aromatic rings. The van der Waals surface area contributed by atoms with Gasteiger partial charge in [0.25, 0.3) is 0 Å². The number of carbonyl (C=O) groups excluding carboxylic acids is 2. The molecular formula is C23H28Cl2N2O2S. The van der Waals surface area contributed by atoms with E-state index in [1.54, 1.807) is 24.0 Å². The van der Waals surface area contributed by atoms with E-state index >= 15 is 0 Å². The molecule has 0 aromatic heterocycles. The van der Waals surface area contributed by atoms with E-state index in [9.17, 15) is 9.59 Å². The van der Waals surface area contributed by atoms with E-state index in [1.165, 1.54) is 17.3 Å². The first-order valence-corrected chi connectivity index (χ1v) is 11.5. The van der Waals surface area contributed by atoms with E-state index < -0.39 is 6.04 Å². The Morgan fingerprint density at radius 3 is 2.27 bits per heavy atom. The van der Waals surface area contributed by atoms with Crippen LogP contribution >= 0.6 is 35.0 Å². The van der Waals surface area contributed by atoms with E-state index in [-0.39, 0.29) is 29.7 Å². The minimum Gasteiger partial charge on any atom is -0.350 e. The molecule has 2 amide bonds. The van der Waals surface area contributed by atoms with Crippen molar-refractivity contribution in [3.05, 3.63) is 63.6 Å². The first-order valence-electron chi connectivity index (χ1n) is 9.71. The molecule has 2 rings (SSSR count). The summed E-state index contributed by atoms with van der Waals surface area (Å²) in [5.41, 5.74) is 1.59. The van der Waals surface area contributed by atoms with Gasteiger partial charge in [0.15, 0.2) is 0 Å². The van der Waals surface area contributed by atoms with E-state index in [2.05, 4.69) is 5.32 Å². The topological polar surface area (TPSA) is 49.4 Å². The molecule has 0 aliphatic carbocycles. The highest BCUT2D eigenvalue weighted by Crippen LogP contribution is 2.25. The van der Waals surface area contributed by atoms with Gasteiger partial charge < -0.3 is 10.2 Å². The van der Waals surface area contributed by atoms with Gasteiger partial charge in [-0.2, -0.15) is 0 Å². The van der Waals surface area contributed by atoms with E-state index in [1.807, 2.05) is 58.0 Å². The van der Waals surface area contributed by atoms with Gasteiger partial charge in [-0.1, -0.05) is 47.0 Å². The van der Waals surface area contributed by atoms with Gasteiger partial charge in [0.1, 0.15) is 6.04 Å². The highest BCUT2D eigenvalue weighted by molar-refractivity contribution is 8.00. The summed E-state index contributed by atoms with van der Waals surface area (Å²) in [5.74, 6) is -0.0863. The lowest BCUT2D eigenvalue weighted by Crippen LogP contribution is -2.52. The maximum atomic E-state index is 13.1. The fraction of sp³-hybridized carbons (Fsp3) is 0.391. The quantitative estimate of drug-likeness (QED) is 0.530. The normalized spacial score (nSPS) is 12.4. The first kappa shape index (κ1) is 24.6. The molecule has 1 N–H and O–H groups in total. The molecule has 1 atom stereocenters. The van der Waals surface area contributed by atoms with Crippen LogP contribution in [0.2, 0.25) is 10.0 Å². The van der Waals surface area contributed by atoms with Crippen molar-refractivity contribution in [2.45, 2.75) is 57.6 Å². The van der Waals surface area contributed by atoms with E-state index in [0.29, 0.717) is 10.0 Å². The standard InChI is InChI=1S/C23H28Cl2N2O2S/c1-15-6-9-18(10-7-15)30-14-21(28)27(16(2)22(29)26-23(3,4)5)13-17-8-11-19(24)20(25)12-17/h6-12,16H,13-14H2,1-5H3,(H,26,29)/t16-/m1/s1. The van der Waals surface area contributed by atoms with Gasteiger partial charge in [0.2, 0.25) is 11.8 Å². The number of thioether (sulfide) groups is 1. The predicted molar refractivity (Wildman–Crippen MR) is 126 cm³/mol. The van der Waals surface area contributed by atoms with Gasteiger partial charge >= 0.3 is 0 Å². The largest absolute Gasteiger partial charge is 0.350 e. The molecule has 2 aromatic carbocycles. The Bertz CT molecular complexity index is 895. The molecule has 0 aliphatic rings. The summed E-state index contributed by atoms with van der Waals surface area (Å²) in [6.07, 6.45) is 0. The number of carbonyl (C=O) groups is 2. The molecule has 0 heterocycles. The number of aryl methyl sites for hydroxylation is 1. The fourth-order valence-corrected chi connectivity index (χ4v) is 3.86. The highest BCUT2D eigenvalue weighted by Gasteiger charge is 2.28. The van der Waals surface area contributed by atoms with Crippen molar-refractivity contribution in [3.63, 3.8) is 0 Å². The number of nitrogens with one attached hydrogen (secondary N) is 1. The molecule has 162 valence electrons. The van der Waals surface area contributed by atoms with Gasteiger partial charge in [0, 0.05) is 17.0 Å². The summed E-state index contributed by atoms with van der Waals surface area (Å²) in [5, 5.41) is 3.82. The number of hydrogen-bond donors (Lipinski definition) is 1. The fourth-order valence-electron chi connectivity index (χ4n) is 2.75. The second kappa shape index (κ2) is 10.6. The van der Waals surface area contributed by atoms with Gasteiger partial charge in [-0.15, -0.1) is 11.8 Å². The number of amides is 2. The molecule has 0 radical (unpaired) electrons. The lowest BCUT2D eigenvalue weighted by molar-refractivity contribution is -0.139. The third kappa shape index (κ3) is 7.53. The Morgan fingerprint density at radius 2 is 1.70 bits per heavy atom. The zero-order valence-corrected chi connectivity index (χ0v) is 20.3. The Kier molecular flexibility index (Phi) is 8.65. The van der Waals surface area contributed by atoms with Crippen molar-refractivity contribution < 1.29 is 9.59 Å². The lowest BCUT2D eigenvalue weighted by atomic mass is 10.1. The number of halogens is 2. The Labute approximate surface area is 193 Å². The summed E-state index contributed by atoms with van der Waals surface area (Å²) in [4.78, 5) is 28.5. The molecule has 7 heteroatoms. The van der Waals surface area contributed by atoms with Crippen molar-refractivity contribution in [1.82, 2.24) is 10.2 Å². The summed E-state index contributed by atoms with van der Waals surface area (Å²) in [6, 6.07) is 12.6. The molecule has 0 saturated heterocycles. The van der Waals surface area contributed by atoms with Gasteiger partial charge in [-0.3, -0.25) is 9.59 Å². The molecule has 0 saturated carbocycles. The van der Waals surface area contributed by atoms with Crippen LogP contribution < -0.4 is 5.32 Å². The second-order valence-electron chi connectivity index (χ2n) is 8.29. The van der Waals surface area contributed by atoms with Crippen molar-refractivity contribution in [2.24, 2.45) is 0 Å². The van der Waals surface area contributed by atoms with Crippen molar-refractivity contribution in [3.8, 4) is 0 Å². The Hall–Kier alpha value is -1.69. The number of nitrogens with zero attached hydrogens (tertiary/aromatic N) is 1. The molecule has 0 aliphatic heterocycles. The van der Waals surface area contributed by atoms with Crippen LogP contribution in [-0.2, 0) is 16.1 Å². The number of rotatable bonds is 7. The summed E-state index contributed by atoms with van der Waals surface area (Å²) in [7, 11) is 0. The van der Waals surface area contributed by atoms with Crippen LogP contribution in [-0.4, -0.2) is 34.0 Å². The van der Waals surface area contributed by atoms with Crippen LogP contribution in [0.4, 0.5) is 0 Å². The monoisotopic (exact) mass is 466 g/mol. The van der Waals surface area contributed by atoms with Crippen LogP contribution in [0, 0.1) is 6.92 Å². The summed E-state index contributed by atoms with van der Waals surface area (Å²) in [6.45, 7) is 9.77. The average molecular weight is 467 g/mol. The molecule has 0 spiro atoms. The average Bonchev–Trinajstić information content (AvgIpc) is 2.66. The minimum absolute atomic E-state index is 0.122. The number of benzene rings is 2. The molecular weight excluding hydrogens is 439 g/mol. The molecule has 0 unspecified atom stereocenters. The van der Waals surface area contributed by atoms with E-state index in [4.69, 9.17) is 23.2 Å². The van der Waals surface area contributed by atoms with Crippen LogP contribution in [0.1, 0.15) is 38.8 Å². The van der Waals surface area contributed by atoms with Crippen molar-refractivity contribution >= 4 is 46.8 Å². The summed E-state index contributed by atoms with van der Waals surface area (Å²) < 4.78 is 0. The molecule has 0 fully saturated rings. The predicted octanol–water partition coefficient (Wildman–Crippen LogP) is 5.73. The van der Waals surface area contributed by atoms with Crippen LogP contribution in [0.5, 0.6) is 0 Å². The summed E-state index contributed by atoms with van der Waals surface area (Å²) >= 11 is 13.6. The number of hydrogen-bond acceptors (Lipinski definition) is 3. The third-order valence-corrected chi connectivity index (χ3v) is 6.12. The van der Waals surface area contributed by atoms with Crippen molar-refractivity contribution in [1.29, 1.82) is 0 Å². The van der Waals surface area contributed by atoms with Crippen LogP contribution in [0.15, 0.2) is 47.4 Å². The third-order valence-electron chi connectivity index (χ3n) is 4.39. The van der Waals surface area contributed by atoms with Gasteiger partial charge in [-0.05, 0) is 64.4 Å². The molecule has 30 heavy (non-hydrogen) atoms. The second-order valence-corrected chi connectivity index (χ2v) is 10.2. The Morgan fingerprint density at radius 1 is 1.07 bits per heavy atom. The molecule has 4 nitrogen and oxygen atoms in total. The van der Waals surface area contributed by atoms with Crippen LogP contribution in [0.25, 0.3) is 0 Å². The lowest BCUT2D eigenvalue weighted by Gasteiger charge is -2.31. The maximum absolute atomic E-state index is 13.1. The Balaban J connectivity index is 2.19. The van der Waals surface area contributed by atoms with Gasteiger partial charge in [0.05, 0.1) is 15.8 Å². The van der Waals surface area contributed by atoms with Crippen LogP contribution in [0.3, 0.4) is 0 Å². The zero-order chi connectivity index (χ0) is 22.5. The smallest absolute Gasteiger partial charge is 0.242 e. The SMILES string of the molecule is Cc1ccc(SCC(=O)N(Cc2ccc(Cl)c(Cl)c2)[C@H](C)C(=O)NC(C)(C)C)cc1. The first-order chi connectivity index (χ1) is 14.0.